The second-order valence-corrected chi connectivity index (χ2v) is 3.66. The maximum absolute atomic E-state index is 4.08. The average Bonchev–Trinajstić information content (AvgIpc) is 2.72. The molecule has 2 aromatic heterocycles. The summed E-state index contributed by atoms with van der Waals surface area (Å²) >= 11 is 1.73. The highest BCUT2D eigenvalue weighted by Gasteiger charge is 1.94. The second kappa shape index (κ2) is 4.72. The third kappa shape index (κ3) is 2.53. The molecule has 0 aliphatic rings. The van der Waals surface area contributed by atoms with E-state index in [4.69, 9.17) is 0 Å². The van der Waals surface area contributed by atoms with Crippen LogP contribution >= 0.6 is 11.3 Å². The lowest BCUT2D eigenvalue weighted by atomic mass is 10.2. The fourth-order valence-electron chi connectivity index (χ4n) is 1.14. The standard InChI is InChI=1S/C10H11N3S/c1-4-11-10(12-5-1)13-6-2-9-3-7-14-8-9/h1,3-5,7-8H,2,6H2,(H,11,12,13). The smallest absolute Gasteiger partial charge is 0.222 e. The largest absolute Gasteiger partial charge is 0.354 e. The van der Waals surface area contributed by atoms with Gasteiger partial charge in [-0.3, -0.25) is 0 Å². The highest BCUT2D eigenvalue weighted by Crippen LogP contribution is 2.06. The monoisotopic (exact) mass is 205 g/mol. The fourth-order valence-corrected chi connectivity index (χ4v) is 1.85. The summed E-state index contributed by atoms with van der Waals surface area (Å²) in [6, 6.07) is 3.95. The van der Waals surface area contributed by atoms with Gasteiger partial charge in [0, 0.05) is 18.9 Å². The molecule has 0 saturated carbocycles. The molecule has 0 fully saturated rings. The molecule has 0 aliphatic heterocycles. The lowest BCUT2D eigenvalue weighted by Gasteiger charge is -2.01. The highest BCUT2D eigenvalue weighted by atomic mass is 32.1. The van der Waals surface area contributed by atoms with Gasteiger partial charge in [0.05, 0.1) is 0 Å². The van der Waals surface area contributed by atoms with Gasteiger partial charge in [0.2, 0.25) is 5.95 Å². The van der Waals surface area contributed by atoms with E-state index in [1.807, 2.05) is 6.07 Å². The number of thiophene rings is 1. The number of aromatic nitrogens is 2. The molecule has 3 nitrogen and oxygen atoms in total. The van der Waals surface area contributed by atoms with E-state index in [0.29, 0.717) is 5.95 Å². The molecular weight excluding hydrogens is 194 g/mol. The molecule has 0 saturated heterocycles. The Morgan fingerprint density at radius 1 is 1.29 bits per heavy atom. The number of nitrogens with zero attached hydrogens (tertiary/aromatic N) is 2. The average molecular weight is 205 g/mol. The minimum absolute atomic E-state index is 0.697. The van der Waals surface area contributed by atoms with Crippen LogP contribution < -0.4 is 5.32 Å². The summed E-state index contributed by atoms with van der Waals surface area (Å²) in [4.78, 5) is 8.16. The molecule has 0 spiro atoms. The molecule has 0 radical (unpaired) electrons. The molecule has 72 valence electrons. The van der Waals surface area contributed by atoms with Gasteiger partial charge in [-0.1, -0.05) is 0 Å². The molecule has 2 aromatic rings. The van der Waals surface area contributed by atoms with Crippen LogP contribution in [0, 0.1) is 0 Å². The van der Waals surface area contributed by atoms with Crippen molar-refractivity contribution in [2.24, 2.45) is 0 Å². The zero-order valence-corrected chi connectivity index (χ0v) is 8.50. The van der Waals surface area contributed by atoms with Crippen LogP contribution in [0.4, 0.5) is 5.95 Å². The van der Waals surface area contributed by atoms with Gasteiger partial charge in [0.15, 0.2) is 0 Å². The van der Waals surface area contributed by atoms with Gasteiger partial charge in [0.1, 0.15) is 0 Å². The minimum Gasteiger partial charge on any atom is -0.354 e. The Kier molecular flexibility index (Phi) is 3.08. The first-order valence-corrected chi connectivity index (χ1v) is 5.41. The van der Waals surface area contributed by atoms with Gasteiger partial charge < -0.3 is 5.32 Å². The van der Waals surface area contributed by atoms with Crippen LogP contribution in [0.15, 0.2) is 35.3 Å². The summed E-state index contributed by atoms with van der Waals surface area (Å²) in [5.74, 6) is 0.697. The number of nitrogens with one attached hydrogen (secondary N) is 1. The van der Waals surface area contributed by atoms with E-state index in [1.54, 1.807) is 23.7 Å². The lowest BCUT2D eigenvalue weighted by Crippen LogP contribution is -2.06. The molecule has 0 aliphatic carbocycles. The van der Waals surface area contributed by atoms with Gasteiger partial charge in [-0.2, -0.15) is 11.3 Å². The molecule has 4 heteroatoms. The Hall–Kier alpha value is -1.42. The van der Waals surface area contributed by atoms with E-state index in [2.05, 4.69) is 32.1 Å². The molecule has 0 unspecified atom stereocenters. The Bertz CT molecular complexity index is 358. The van der Waals surface area contributed by atoms with Crippen molar-refractivity contribution in [3.05, 3.63) is 40.8 Å². The van der Waals surface area contributed by atoms with E-state index in [-0.39, 0.29) is 0 Å². The normalized spacial score (nSPS) is 10.0. The SMILES string of the molecule is c1cnc(NCCc2ccsc2)nc1. The zero-order valence-electron chi connectivity index (χ0n) is 7.68. The van der Waals surface area contributed by atoms with E-state index in [1.165, 1.54) is 5.56 Å². The second-order valence-electron chi connectivity index (χ2n) is 2.88. The summed E-state index contributed by atoms with van der Waals surface area (Å²) in [7, 11) is 0. The van der Waals surface area contributed by atoms with Crippen LogP contribution in [0.3, 0.4) is 0 Å². The predicted octanol–water partition coefficient (Wildman–Crippen LogP) is 2.19. The summed E-state index contributed by atoms with van der Waals surface area (Å²) in [6.45, 7) is 0.876. The van der Waals surface area contributed by atoms with E-state index < -0.39 is 0 Å². The van der Waals surface area contributed by atoms with Crippen molar-refractivity contribution in [1.82, 2.24) is 9.97 Å². The van der Waals surface area contributed by atoms with Crippen molar-refractivity contribution in [2.75, 3.05) is 11.9 Å². The van der Waals surface area contributed by atoms with Gasteiger partial charge in [-0.05, 0) is 34.9 Å². The predicted molar refractivity (Wildman–Crippen MR) is 58.5 cm³/mol. The first-order chi connectivity index (χ1) is 6.95. The lowest BCUT2D eigenvalue weighted by molar-refractivity contribution is 0.988. The van der Waals surface area contributed by atoms with Gasteiger partial charge >= 0.3 is 0 Å². The number of hydrogen-bond acceptors (Lipinski definition) is 4. The third-order valence-electron chi connectivity index (χ3n) is 1.84. The van der Waals surface area contributed by atoms with Crippen molar-refractivity contribution >= 4 is 17.3 Å². The number of hydrogen-bond donors (Lipinski definition) is 1. The van der Waals surface area contributed by atoms with Crippen LogP contribution in [-0.2, 0) is 6.42 Å². The van der Waals surface area contributed by atoms with Crippen LogP contribution in [0.1, 0.15) is 5.56 Å². The fraction of sp³-hybridized carbons (Fsp3) is 0.200. The molecule has 0 atom stereocenters. The minimum atomic E-state index is 0.697. The van der Waals surface area contributed by atoms with Crippen LogP contribution in [0.25, 0.3) is 0 Å². The Morgan fingerprint density at radius 3 is 2.86 bits per heavy atom. The first kappa shape index (κ1) is 9.15. The van der Waals surface area contributed by atoms with Gasteiger partial charge in [0.25, 0.3) is 0 Å². The Morgan fingerprint density at radius 2 is 2.14 bits per heavy atom. The van der Waals surface area contributed by atoms with Crippen molar-refractivity contribution in [2.45, 2.75) is 6.42 Å². The summed E-state index contributed by atoms with van der Waals surface area (Å²) in [5, 5.41) is 7.42. The summed E-state index contributed by atoms with van der Waals surface area (Å²) in [5.41, 5.74) is 1.36. The van der Waals surface area contributed by atoms with E-state index >= 15 is 0 Å². The molecule has 0 bridgehead atoms. The first-order valence-electron chi connectivity index (χ1n) is 4.47. The van der Waals surface area contributed by atoms with Crippen LogP contribution in [0.5, 0.6) is 0 Å². The van der Waals surface area contributed by atoms with Crippen molar-refractivity contribution < 1.29 is 0 Å². The Balaban J connectivity index is 1.79. The molecular formula is C10H11N3S. The molecule has 0 amide bonds. The Labute approximate surface area is 86.8 Å². The summed E-state index contributed by atoms with van der Waals surface area (Å²) in [6.07, 6.45) is 4.49. The maximum Gasteiger partial charge on any atom is 0.222 e. The van der Waals surface area contributed by atoms with Crippen molar-refractivity contribution in [3.8, 4) is 0 Å². The van der Waals surface area contributed by atoms with Crippen molar-refractivity contribution in [3.63, 3.8) is 0 Å². The van der Waals surface area contributed by atoms with Crippen molar-refractivity contribution in [1.29, 1.82) is 0 Å². The van der Waals surface area contributed by atoms with Crippen LogP contribution in [0.2, 0.25) is 0 Å². The van der Waals surface area contributed by atoms with E-state index in [0.717, 1.165) is 13.0 Å². The van der Waals surface area contributed by atoms with E-state index in [9.17, 15) is 0 Å². The zero-order chi connectivity index (χ0) is 9.64. The topological polar surface area (TPSA) is 37.8 Å². The molecule has 2 heterocycles. The molecule has 14 heavy (non-hydrogen) atoms. The quantitative estimate of drug-likeness (QED) is 0.831. The highest BCUT2D eigenvalue weighted by molar-refractivity contribution is 7.07. The molecule has 2 rings (SSSR count). The van der Waals surface area contributed by atoms with Gasteiger partial charge in [-0.25, -0.2) is 9.97 Å². The third-order valence-corrected chi connectivity index (χ3v) is 2.57. The maximum atomic E-state index is 4.08. The molecule has 0 aromatic carbocycles. The summed E-state index contributed by atoms with van der Waals surface area (Å²) < 4.78 is 0. The number of anilines is 1. The molecule has 1 N–H and O–H groups in total. The van der Waals surface area contributed by atoms with Gasteiger partial charge in [-0.15, -0.1) is 0 Å². The number of rotatable bonds is 4. The van der Waals surface area contributed by atoms with Crippen LogP contribution in [-0.4, -0.2) is 16.5 Å².